The zero-order chi connectivity index (χ0) is 17.4. The maximum Gasteiger partial charge on any atom is 0.191 e. The van der Waals surface area contributed by atoms with Gasteiger partial charge in [-0.15, -0.1) is 24.0 Å². The van der Waals surface area contributed by atoms with Crippen molar-refractivity contribution in [2.45, 2.75) is 38.8 Å². The minimum Gasteiger partial charge on any atom is -0.489 e. The molecule has 0 saturated heterocycles. The fourth-order valence-electron chi connectivity index (χ4n) is 2.63. The smallest absolute Gasteiger partial charge is 0.191 e. The third-order valence-corrected chi connectivity index (χ3v) is 4.07. The highest BCUT2D eigenvalue weighted by Gasteiger charge is 2.27. The largest absolute Gasteiger partial charge is 0.489 e. The van der Waals surface area contributed by atoms with Crippen LogP contribution in [-0.2, 0) is 0 Å². The van der Waals surface area contributed by atoms with Gasteiger partial charge in [0, 0.05) is 32.2 Å². The van der Waals surface area contributed by atoms with Crippen LogP contribution in [0.4, 0.5) is 4.39 Å². The van der Waals surface area contributed by atoms with Gasteiger partial charge in [0.2, 0.25) is 0 Å². The molecule has 7 heteroatoms. The van der Waals surface area contributed by atoms with Crippen molar-refractivity contribution in [2.24, 2.45) is 4.99 Å². The molecule has 2 rings (SSSR count). The second kappa shape index (κ2) is 11.5. The highest BCUT2D eigenvalue weighted by atomic mass is 127. The quantitative estimate of drug-likeness (QED) is 0.335. The Bertz CT molecular complexity index is 540. The Kier molecular flexibility index (Phi) is 10.1. The van der Waals surface area contributed by atoms with Gasteiger partial charge in [-0.05, 0) is 38.4 Å². The van der Waals surface area contributed by atoms with Crippen molar-refractivity contribution in [1.82, 2.24) is 15.5 Å². The van der Waals surface area contributed by atoms with Crippen LogP contribution in [-0.4, -0.2) is 56.2 Å². The lowest BCUT2D eigenvalue weighted by molar-refractivity contribution is 0.223. The summed E-state index contributed by atoms with van der Waals surface area (Å²) in [6, 6.07) is 6.98. The number of benzene rings is 1. The SMILES string of the molecule is CCN(CCNC(=NC)NCC(C)Oc1cccc(F)c1)C1CC1.I. The van der Waals surface area contributed by atoms with Crippen LogP contribution in [0.5, 0.6) is 5.75 Å². The monoisotopic (exact) mass is 464 g/mol. The Morgan fingerprint density at radius 2 is 2.16 bits per heavy atom. The van der Waals surface area contributed by atoms with Gasteiger partial charge in [-0.25, -0.2) is 4.39 Å². The van der Waals surface area contributed by atoms with Crippen molar-refractivity contribution in [1.29, 1.82) is 0 Å². The molecule has 0 aromatic heterocycles. The van der Waals surface area contributed by atoms with Gasteiger partial charge in [-0.2, -0.15) is 0 Å². The lowest BCUT2D eigenvalue weighted by atomic mass is 10.3. The lowest BCUT2D eigenvalue weighted by Gasteiger charge is -2.21. The molecule has 0 heterocycles. The van der Waals surface area contributed by atoms with Crippen LogP contribution in [0.3, 0.4) is 0 Å². The number of hydrogen-bond donors (Lipinski definition) is 2. The van der Waals surface area contributed by atoms with Gasteiger partial charge in [0.15, 0.2) is 5.96 Å². The molecule has 1 aromatic rings. The van der Waals surface area contributed by atoms with E-state index in [1.165, 1.54) is 25.0 Å². The van der Waals surface area contributed by atoms with E-state index in [0.29, 0.717) is 12.3 Å². The second-order valence-electron chi connectivity index (χ2n) is 6.13. The van der Waals surface area contributed by atoms with Gasteiger partial charge in [0.1, 0.15) is 17.7 Å². The van der Waals surface area contributed by atoms with Crippen LogP contribution < -0.4 is 15.4 Å². The van der Waals surface area contributed by atoms with E-state index in [1.807, 2.05) is 6.92 Å². The molecule has 1 unspecified atom stereocenters. The van der Waals surface area contributed by atoms with E-state index in [4.69, 9.17) is 4.74 Å². The average Bonchev–Trinajstić information content (AvgIpc) is 3.39. The van der Waals surface area contributed by atoms with Crippen LogP contribution in [0.15, 0.2) is 29.3 Å². The molecule has 0 bridgehead atoms. The predicted molar refractivity (Wildman–Crippen MR) is 112 cm³/mol. The molecule has 142 valence electrons. The maximum absolute atomic E-state index is 13.2. The van der Waals surface area contributed by atoms with Crippen molar-refractivity contribution < 1.29 is 9.13 Å². The first-order chi connectivity index (χ1) is 11.6. The van der Waals surface area contributed by atoms with E-state index in [2.05, 4.69) is 27.4 Å². The maximum atomic E-state index is 13.2. The van der Waals surface area contributed by atoms with Crippen LogP contribution in [0.1, 0.15) is 26.7 Å². The molecular weight excluding hydrogens is 434 g/mol. The number of nitrogens with zero attached hydrogens (tertiary/aromatic N) is 2. The average molecular weight is 464 g/mol. The van der Waals surface area contributed by atoms with Gasteiger partial charge in [-0.1, -0.05) is 13.0 Å². The van der Waals surface area contributed by atoms with E-state index >= 15 is 0 Å². The van der Waals surface area contributed by atoms with Gasteiger partial charge >= 0.3 is 0 Å². The number of likely N-dealkylation sites (N-methyl/N-ethyl adjacent to an activating group) is 1. The van der Waals surface area contributed by atoms with E-state index in [-0.39, 0.29) is 35.9 Å². The van der Waals surface area contributed by atoms with Crippen molar-refractivity contribution in [3.05, 3.63) is 30.1 Å². The molecule has 1 saturated carbocycles. The minimum atomic E-state index is -0.290. The number of guanidine groups is 1. The number of halogens is 2. The highest BCUT2D eigenvalue weighted by Crippen LogP contribution is 2.25. The number of hydrogen-bond acceptors (Lipinski definition) is 3. The molecule has 0 aliphatic heterocycles. The first kappa shape index (κ1) is 22.0. The topological polar surface area (TPSA) is 48.9 Å². The molecule has 1 fully saturated rings. The van der Waals surface area contributed by atoms with Crippen molar-refractivity contribution in [2.75, 3.05) is 33.2 Å². The van der Waals surface area contributed by atoms with Crippen LogP contribution in [0.2, 0.25) is 0 Å². The molecule has 25 heavy (non-hydrogen) atoms. The van der Waals surface area contributed by atoms with E-state index < -0.39 is 0 Å². The molecule has 5 nitrogen and oxygen atoms in total. The summed E-state index contributed by atoms with van der Waals surface area (Å²) < 4.78 is 18.8. The van der Waals surface area contributed by atoms with Crippen molar-refractivity contribution in [3.63, 3.8) is 0 Å². The Labute approximate surface area is 167 Å². The fourth-order valence-corrected chi connectivity index (χ4v) is 2.63. The summed E-state index contributed by atoms with van der Waals surface area (Å²) >= 11 is 0. The molecule has 0 radical (unpaired) electrons. The first-order valence-corrected chi connectivity index (χ1v) is 8.73. The summed E-state index contributed by atoms with van der Waals surface area (Å²) in [4.78, 5) is 6.72. The van der Waals surface area contributed by atoms with Gasteiger partial charge in [-0.3, -0.25) is 9.89 Å². The molecule has 0 amide bonds. The molecule has 0 spiro atoms. The third kappa shape index (κ3) is 8.22. The Morgan fingerprint density at radius 1 is 1.40 bits per heavy atom. The molecule has 1 aliphatic rings. The molecule has 1 aromatic carbocycles. The Morgan fingerprint density at radius 3 is 2.76 bits per heavy atom. The predicted octanol–water partition coefficient (Wildman–Crippen LogP) is 2.86. The summed E-state index contributed by atoms with van der Waals surface area (Å²) in [6.45, 7) is 7.72. The van der Waals surface area contributed by atoms with E-state index in [0.717, 1.165) is 31.6 Å². The molecule has 1 aliphatic carbocycles. The molecular formula is C18H30FIN4O. The molecule has 1 atom stereocenters. The summed E-state index contributed by atoms with van der Waals surface area (Å²) in [7, 11) is 1.76. The summed E-state index contributed by atoms with van der Waals surface area (Å²) in [5, 5.41) is 6.57. The normalized spacial score (nSPS) is 15.5. The van der Waals surface area contributed by atoms with E-state index in [1.54, 1.807) is 19.2 Å². The van der Waals surface area contributed by atoms with Crippen LogP contribution in [0, 0.1) is 5.82 Å². The number of ether oxygens (including phenoxy) is 1. The van der Waals surface area contributed by atoms with Crippen molar-refractivity contribution in [3.8, 4) is 5.75 Å². The second-order valence-corrected chi connectivity index (χ2v) is 6.13. The van der Waals surface area contributed by atoms with Gasteiger partial charge in [0.25, 0.3) is 0 Å². The zero-order valence-electron chi connectivity index (χ0n) is 15.3. The minimum absolute atomic E-state index is 0. The third-order valence-electron chi connectivity index (χ3n) is 4.07. The van der Waals surface area contributed by atoms with Gasteiger partial charge in [0.05, 0.1) is 6.54 Å². The highest BCUT2D eigenvalue weighted by molar-refractivity contribution is 14.0. The number of rotatable bonds is 9. The lowest BCUT2D eigenvalue weighted by Crippen LogP contribution is -2.44. The summed E-state index contributed by atoms with van der Waals surface area (Å²) in [5.74, 6) is 1.01. The zero-order valence-corrected chi connectivity index (χ0v) is 17.6. The summed E-state index contributed by atoms with van der Waals surface area (Å²) in [5.41, 5.74) is 0. The number of aliphatic imine (C=N–C) groups is 1. The summed E-state index contributed by atoms with van der Waals surface area (Å²) in [6.07, 6.45) is 2.56. The first-order valence-electron chi connectivity index (χ1n) is 8.73. The molecule has 2 N–H and O–H groups in total. The van der Waals surface area contributed by atoms with Crippen molar-refractivity contribution >= 4 is 29.9 Å². The Hall–Kier alpha value is -1.09. The standard InChI is InChI=1S/C18H29FN4O.HI/c1-4-23(16-8-9-16)11-10-21-18(20-3)22-13-14(2)24-17-7-5-6-15(19)12-17;/h5-7,12,14,16H,4,8-11,13H2,1-3H3,(H2,20,21,22);1H. The fraction of sp³-hybridized carbons (Fsp3) is 0.611. The Balaban J connectivity index is 0.00000312. The van der Waals surface area contributed by atoms with E-state index in [9.17, 15) is 4.39 Å². The van der Waals surface area contributed by atoms with Crippen LogP contribution >= 0.6 is 24.0 Å². The van der Waals surface area contributed by atoms with Gasteiger partial charge < -0.3 is 15.4 Å². The number of nitrogens with one attached hydrogen (secondary N) is 2. The van der Waals surface area contributed by atoms with Crippen LogP contribution in [0.25, 0.3) is 0 Å².